The molecule has 0 radical (unpaired) electrons. The molecule has 1 amide bonds. The number of nitrogens with two attached hydrogens (primary N) is 1. The highest BCUT2D eigenvalue weighted by Crippen LogP contribution is 2.48. The third kappa shape index (κ3) is 3.91. The van der Waals surface area contributed by atoms with E-state index >= 15 is 0 Å². The number of hydrogen-bond donors (Lipinski definition) is 2. The number of rotatable bonds is 6. The molecule has 3 nitrogen and oxygen atoms in total. The molecule has 5 heteroatoms. The lowest BCUT2D eigenvalue weighted by Crippen LogP contribution is -2.49. The maximum atomic E-state index is 12.2. The highest BCUT2D eigenvalue weighted by molar-refractivity contribution is 6.42. The Labute approximate surface area is 136 Å². The van der Waals surface area contributed by atoms with E-state index in [9.17, 15) is 4.79 Å². The number of carbonyl (C=O) groups excluding carboxylic acids is 1. The number of nitrogens with one attached hydrogen (secondary N) is 1. The van der Waals surface area contributed by atoms with Crippen LogP contribution in [-0.4, -0.2) is 18.0 Å². The predicted molar refractivity (Wildman–Crippen MR) is 87.8 cm³/mol. The molecule has 1 aromatic rings. The molecule has 0 aromatic heterocycles. The number of benzene rings is 1. The van der Waals surface area contributed by atoms with Gasteiger partial charge in [-0.05, 0) is 42.9 Å². The summed E-state index contributed by atoms with van der Waals surface area (Å²) in [4.78, 5) is 12.2. The van der Waals surface area contributed by atoms with Crippen molar-refractivity contribution in [2.24, 2.45) is 11.7 Å². The second-order valence-corrected chi connectivity index (χ2v) is 6.72. The highest BCUT2D eigenvalue weighted by atomic mass is 35.5. The van der Waals surface area contributed by atoms with Crippen LogP contribution in [0.3, 0.4) is 0 Å². The summed E-state index contributed by atoms with van der Waals surface area (Å²) < 4.78 is 0. The number of amides is 1. The van der Waals surface area contributed by atoms with E-state index < -0.39 is 0 Å². The minimum Gasteiger partial charge on any atom is -0.354 e. The molecule has 2 rings (SSSR count). The molecule has 21 heavy (non-hydrogen) atoms. The summed E-state index contributed by atoms with van der Waals surface area (Å²) in [5.74, 6) is 0.359. The van der Waals surface area contributed by atoms with E-state index in [1.807, 2.05) is 26.0 Å². The molecule has 0 heterocycles. The first-order valence-electron chi connectivity index (χ1n) is 7.41. The second-order valence-electron chi connectivity index (χ2n) is 5.91. The van der Waals surface area contributed by atoms with Crippen molar-refractivity contribution in [3.63, 3.8) is 0 Å². The molecule has 0 saturated heterocycles. The molecule has 3 N–H and O–H groups in total. The van der Waals surface area contributed by atoms with Gasteiger partial charge in [0.2, 0.25) is 5.91 Å². The summed E-state index contributed by atoms with van der Waals surface area (Å²) in [5.41, 5.74) is 6.98. The Morgan fingerprint density at radius 1 is 1.33 bits per heavy atom. The Morgan fingerprint density at radius 3 is 2.57 bits per heavy atom. The Hall–Kier alpha value is -0.770. The van der Waals surface area contributed by atoms with Crippen molar-refractivity contribution < 1.29 is 4.79 Å². The van der Waals surface area contributed by atoms with Crippen LogP contribution in [0.1, 0.15) is 44.6 Å². The van der Waals surface area contributed by atoms with Crippen molar-refractivity contribution in [1.29, 1.82) is 0 Å². The van der Waals surface area contributed by atoms with Crippen LogP contribution in [0.15, 0.2) is 18.2 Å². The molecule has 1 saturated carbocycles. The monoisotopic (exact) mass is 328 g/mol. The molecule has 1 aromatic carbocycles. The van der Waals surface area contributed by atoms with E-state index in [1.165, 1.54) is 0 Å². The van der Waals surface area contributed by atoms with E-state index in [0.717, 1.165) is 24.8 Å². The Balaban J connectivity index is 1.90. The van der Waals surface area contributed by atoms with E-state index in [2.05, 4.69) is 5.32 Å². The van der Waals surface area contributed by atoms with E-state index in [4.69, 9.17) is 28.9 Å². The Bertz CT molecular complexity index is 529. The molecule has 0 bridgehead atoms. The summed E-state index contributed by atoms with van der Waals surface area (Å²) in [6.45, 7) is 4.63. The lowest BCUT2D eigenvalue weighted by atomic mass is 9.94. The van der Waals surface area contributed by atoms with Crippen molar-refractivity contribution in [1.82, 2.24) is 5.32 Å². The SMILES string of the molecule is CCC(N)(CC)CNC(=O)C1CC1c1ccc(Cl)c(Cl)c1. The maximum Gasteiger partial charge on any atom is 0.223 e. The molecule has 2 unspecified atom stereocenters. The average Bonchev–Trinajstić information content (AvgIpc) is 3.28. The fraction of sp³-hybridized carbons (Fsp3) is 0.562. The average molecular weight is 329 g/mol. The maximum absolute atomic E-state index is 12.2. The third-order valence-electron chi connectivity index (χ3n) is 4.52. The molecule has 1 aliphatic rings. The van der Waals surface area contributed by atoms with E-state index in [1.54, 1.807) is 6.07 Å². The van der Waals surface area contributed by atoms with Gasteiger partial charge < -0.3 is 11.1 Å². The molecule has 1 fully saturated rings. The van der Waals surface area contributed by atoms with Crippen LogP contribution >= 0.6 is 23.2 Å². The highest BCUT2D eigenvalue weighted by Gasteiger charge is 2.44. The van der Waals surface area contributed by atoms with Crippen LogP contribution in [-0.2, 0) is 4.79 Å². The van der Waals surface area contributed by atoms with Crippen LogP contribution in [0.25, 0.3) is 0 Å². The Kier molecular flexibility index (Phi) is 5.18. The fourth-order valence-electron chi connectivity index (χ4n) is 2.49. The zero-order valence-corrected chi connectivity index (χ0v) is 14.0. The minimum absolute atomic E-state index is 0.0280. The van der Waals surface area contributed by atoms with Gasteiger partial charge in [0.25, 0.3) is 0 Å². The number of carbonyl (C=O) groups is 1. The largest absolute Gasteiger partial charge is 0.354 e. The van der Waals surface area contributed by atoms with Crippen LogP contribution in [0.5, 0.6) is 0 Å². The fourth-order valence-corrected chi connectivity index (χ4v) is 2.80. The van der Waals surface area contributed by atoms with Gasteiger partial charge in [0.1, 0.15) is 0 Å². The van der Waals surface area contributed by atoms with Gasteiger partial charge in [-0.2, -0.15) is 0 Å². The van der Waals surface area contributed by atoms with Crippen molar-refractivity contribution in [3.8, 4) is 0 Å². The normalized spacial score (nSPS) is 21.2. The van der Waals surface area contributed by atoms with Crippen molar-refractivity contribution in [2.45, 2.75) is 44.6 Å². The molecular formula is C16H22Cl2N2O. The topological polar surface area (TPSA) is 55.1 Å². The number of hydrogen-bond acceptors (Lipinski definition) is 2. The minimum atomic E-state index is -0.302. The van der Waals surface area contributed by atoms with Gasteiger partial charge in [-0.25, -0.2) is 0 Å². The van der Waals surface area contributed by atoms with Crippen molar-refractivity contribution >= 4 is 29.1 Å². The quantitative estimate of drug-likeness (QED) is 0.835. The lowest BCUT2D eigenvalue weighted by molar-refractivity contribution is -0.122. The molecular weight excluding hydrogens is 307 g/mol. The Morgan fingerprint density at radius 2 is 2.00 bits per heavy atom. The third-order valence-corrected chi connectivity index (χ3v) is 5.26. The number of halogens is 2. The summed E-state index contributed by atoms with van der Waals surface area (Å²) in [6.07, 6.45) is 2.56. The zero-order valence-electron chi connectivity index (χ0n) is 12.5. The van der Waals surface area contributed by atoms with Crippen LogP contribution in [0.4, 0.5) is 0 Å². The van der Waals surface area contributed by atoms with Gasteiger partial charge in [0.15, 0.2) is 0 Å². The molecule has 116 valence electrons. The predicted octanol–water partition coefficient (Wildman–Crippen LogP) is 3.73. The molecule has 0 spiro atoms. The zero-order chi connectivity index (χ0) is 15.6. The van der Waals surface area contributed by atoms with Crippen molar-refractivity contribution in [2.75, 3.05) is 6.54 Å². The lowest BCUT2D eigenvalue weighted by Gasteiger charge is -2.26. The van der Waals surface area contributed by atoms with Gasteiger partial charge in [-0.15, -0.1) is 0 Å². The van der Waals surface area contributed by atoms with E-state index in [0.29, 0.717) is 16.6 Å². The first-order chi connectivity index (χ1) is 9.90. The summed E-state index contributed by atoms with van der Waals surface area (Å²) >= 11 is 11.9. The first kappa shape index (κ1) is 16.6. The van der Waals surface area contributed by atoms with Gasteiger partial charge in [0.05, 0.1) is 10.0 Å². The van der Waals surface area contributed by atoms with Crippen LogP contribution in [0, 0.1) is 5.92 Å². The van der Waals surface area contributed by atoms with Gasteiger partial charge in [-0.1, -0.05) is 43.1 Å². The van der Waals surface area contributed by atoms with Crippen LogP contribution < -0.4 is 11.1 Å². The summed E-state index contributed by atoms with van der Waals surface area (Å²) in [5, 5.41) is 4.07. The smallest absolute Gasteiger partial charge is 0.223 e. The second kappa shape index (κ2) is 6.55. The molecule has 0 aliphatic heterocycles. The van der Waals surface area contributed by atoms with Crippen molar-refractivity contribution in [3.05, 3.63) is 33.8 Å². The van der Waals surface area contributed by atoms with Gasteiger partial charge in [0, 0.05) is 18.0 Å². The van der Waals surface area contributed by atoms with E-state index in [-0.39, 0.29) is 23.3 Å². The summed E-state index contributed by atoms with van der Waals surface area (Å²) in [6, 6.07) is 5.58. The standard InChI is InChI=1S/C16H22Cl2N2O/c1-3-16(19,4-2)9-20-15(21)12-8-11(12)10-5-6-13(17)14(18)7-10/h5-7,11-12H,3-4,8-9,19H2,1-2H3,(H,20,21). The molecule has 1 aliphatic carbocycles. The van der Waals surface area contributed by atoms with Crippen LogP contribution in [0.2, 0.25) is 10.0 Å². The van der Waals surface area contributed by atoms with Gasteiger partial charge in [-0.3, -0.25) is 4.79 Å². The molecule has 2 atom stereocenters. The van der Waals surface area contributed by atoms with Gasteiger partial charge >= 0.3 is 0 Å². The first-order valence-corrected chi connectivity index (χ1v) is 8.17. The summed E-state index contributed by atoms with van der Waals surface area (Å²) in [7, 11) is 0.